The maximum atomic E-state index is 11.2. The molecule has 1 rings (SSSR count). The van der Waals surface area contributed by atoms with E-state index in [1.165, 1.54) is 6.39 Å². The highest BCUT2D eigenvalue weighted by atomic mass is 16.5. The Hall–Kier alpha value is -1.43. The van der Waals surface area contributed by atoms with Gasteiger partial charge in [-0.1, -0.05) is 5.16 Å². The van der Waals surface area contributed by atoms with Crippen LogP contribution in [0.1, 0.15) is 18.7 Å². The van der Waals surface area contributed by atoms with Gasteiger partial charge in [0, 0.05) is 6.42 Å². The molecule has 1 amide bonds. The van der Waals surface area contributed by atoms with Crippen LogP contribution in [0.3, 0.4) is 0 Å². The lowest BCUT2D eigenvalue weighted by Gasteiger charge is -2.01. The molecule has 6 nitrogen and oxygen atoms in total. The van der Waals surface area contributed by atoms with E-state index in [2.05, 4.69) is 25.3 Å². The smallest absolute Gasteiger partial charge is 0.220 e. The van der Waals surface area contributed by atoms with E-state index >= 15 is 0 Å². The fourth-order valence-electron chi connectivity index (χ4n) is 0.962. The summed E-state index contributed by atoms with van der Waals surface area (Å²) in [5.74, 6) is 0.497. The SMILES string of the molecule is CNCCCC(=O)NCc1ncon1. The Morgan fingerprint density at radius 2 is 2.50 bits per heavy atom. The molecule has 0 aliphatic carbocycles. The molecule has 0 bridgehead atoms. The Bertz CT molecular complexity index is 260. The van der Waals surface area contributed by atoms with E-state index in [9.17, 15) is 4.79 Å². The fraction of sp³-hybridized carbons (Fsp3) is 0.625. The van der Waals surface area contributed by atoms with Gasteiger partial charge in [0.15, 0.2) is 5.82 Å². The number of nitrogens with zero attached hydrogens (tertiary/aromatic N) is 2. The molecule has 0 saturated carbocycles. The number of hydrogen-bond donors (Lipinski definition) is 2. The summed E-state index contributed by atoms with van der Waals surface area (Å²) in [6, 6.07) is 0. The summed E-state index contributed by atoms with van der Waals surface area (Å²) in [6.45, 7) is 1.17. The van der Waals surface area contributed by atoms with E-state index in [-0.39, 0.29) is 5.91 Å². The van der Waals surface area contributed by atoms with Crippen LogP contribution in [0.5, 0.6) is 0 Å². The molecule has 0 aromatic carbocycles. The maximum Gasteiger partial charge on any atom is 0.220 e. The van der Waals surface area contributed by atoms with Gasteiger partial charge in [0.25, 0.3) is 0 Å². The van der Waals surface area contributed by atoms with Crippen LogP contribution < -0.4 is 10.6 Å². The van der Waals surface area contributed by atoms with Crippen LogP contribution >= 0.6 is 0 Å². The standard InChI is InChI=1S/C8H14N4O2/c1-9-4-2-3-8(13)10-5-7-11-6-14-12-7/h6,9H,2-5H2,1H3,(H,10,13). The van der Waals surface area contributed by atoms with Gasteiger partial charge < -0.3 is 15.2 Å². The predicted molar refractivity (Wildman–Crippen MR) is 49.3 cm³/mol. The molecule has 0 fully saturated rings. The first kappa shape index (κ1) is 10.6. The summed E-state index contributed by atoms with van der Waals surface area (Å²) in [4.78, 5) is 15.0. The zero-order valence-electron chi connectivity index (χ0n) is 8.12. The molecule has 0 aliphatic heterocycles. The number of nitrogens with one attached hydrogen (secondary N) is 2. The van der Waals surface area contributed by atoms with Gasteiger partial charge in [0.1, 0.15) is 0 Å². The lowest BCUT2D eigenvalue weighted by Crippen LogP contribution is -2.24. The number of hydrogen-bond acceptors (Lipinski definition) is 5. The zero-order chi connectivity index (χ0) is 10.2. The van der Waals surface area contributed by atoms with Crippen molar-refractivity contribution < 1.29 is 9.32 Å². The van der Waals surface area contributed by atoms with E-state index in [1.54, 1.807) is 0 Å². The number of rotatable bonds is 6. The van der Waals surface area contributed by atoms with Crippen LogP contribution in [0.25, 0.3) is 0 Å². The molecule has 0 unspecified atom stereocenters. The van der Waals surface area contributed by atoms with Crippen LogP contribution in [0.2, 0.25) is 0 Å². The van der Waals surface area contributed by atoms with E-state index in [1.807, 2.05) is 7.05 Å². The molecule has 1 aromatic rings. The normalized spacial score (nSPS) is 10.1. The highest BCUT2D eigenvalue weighted by molar-refractivity contribution is 5.75. The topological polar surface area (TPSA) is 80.0 Å². The van der Waals surface area contributed by atoms with E-state index in [0.29, 0.717) is 18.8 Å². The third-order valence-corrected chi connectivity index (χ3v) is 1.68. The Morgan fingerprint density at radius 3 is 3.14 bits per heavy atom. The van der Waals surface area contributed by atoms with E-state index in [4.69, 9.17) is 0 Å². The van der Waals surface area contributed by atoms with Gasteiger partial charge in [0.05, 0.1) is 6.54 Å². The number of carbonyl (C=O) groups is 1. The van der Waals surface area contributed by atoms with Gasteiger partial charge in [-0.3, -0.25) is 4.79 Å². The van der Waals surface area contributed by atoms with Crippen LogP contribution in [0.4, 0.5) is 0 Å². The second-order valence-electron chi connectivity index (χ2n) is 2.83. The lowest BCUT2D eigenvalue weighted by atomic mass is 10.3. The second kappa shape index (κ2) is 6.09. The second-order valence-corrected chi connectivity index (χ2v) is 2.83. The minimum Gasteiger partial charge on any atom is -0.349 e. The van der Waals surface area contributed by atoms with Crippen molar-refractivity contribution in [2.45, 2.75) is 19.4 Å². The van der Waals surface area contributed by atoms with Crippen molar-refractivity contribution in [2.75, 3.05) is 13.6 Å². The minimum atomic E-state index is 0.00468. The molecule has 0 spiro atoms. The minimum absolute atomic E-state index is 0.00468. The van der Waals surface area contributed by atoms with Gasteiger partial charge in [-0.25, -0.2) is 0 Å². The molecular formula is C8H14N4O2. The summed E-state index contributed by atoms with van der Waals surface area (Å²) in [5, 5.41) is 9.24. The first-order valence-electron chi connectivity index (χ1n) is 4.49. The molecule has 0 aliphatic rings. The van der Waals surface area contributed by atoms with Crippen LogP contribution in [0, 0.1) is 0 Å². The fourth-order valence-corrected chi connectivity index (χ4v) is 0.962. The molecule has 14 heavy (non-hydrogen) atoms. The molecule has 0 saturated heterocycles. The molecule has 2 N–H and O–H groups in total. The van der Waals surface area contributed by atoms with Gasteiger partial charge >= 0.3 is 0 Å². The Balaban J connectivity index is 2.09. The largest absolute Gasteiger partial charge is 0.349 e. The van der Waals surface area contributed by atoms with Gasteiger partial charge in [0.2, 0.25) is 12.3 Å². The monoisotopic (exact) mass is 198 g/mol. The Labute approximate surface area is 82.1 Å². The van der Waals surface area contributed by atoms with Crippen molar-refractivity contribution in [2.24, 2.45) is 0 Å². The first-order chi connectivity index (χ1) is 6.83. The van der Waals surface area contributed by atoms with Crippen LogP contribution in [0.15, 0.2) is 10.9 Å². The highest BCUT2D eigenvalue weighted by Gasteiger charge is 2.02. The summed E-state index contributed by atoms with van der Waals surface area (Å²) >= 11 is 0. The van der Waals surface area contributed by atoms with Crippen molar-refractivity contribution in [3.05, 3.63) is 12.2 Å². The summed E-state index contributed by atoms with van der Waals surface area (Å²) in [7, 11) is 1.86. The van der Waals surface area contributed by atoms with Crippen molar-refractivity contribution in [1.29, 1.82) is 0 Å². The van der Waals surface area contributed by atoms with Gasteiger partial charge in [-0.2, -0.15) is 4.98 Å². The third-order valence-electron chi connectivity index (χ3n) is 1.68. The molecule has 6 heteroatoms. The third kappa shape index (κ3) is 3.99. The Morgan fingerprint density at radius 1 is 1.64 bits per heavy atom. The summed E-state index contributed by atoms with van der Waals surface area (Å²) in [6.07, 6.45) is 2.58. The van der Waals surface area contributed by atoms with Gasteiger partial charge in [-0.05, 0) is 20.0 Å². The van der Waals surface area contributed by atoms with E-state index in [0.717, 1.165) is 13.0 Å². The number of amides is 1. The average molecular weight is 198 g/mol. The highest BCUT2D eigenvalue weighted by Crippen LogP contribution is 1.90. The van der Waals surface area contributed by atoms with Crippen molar-refractivity contribution in [3.8, 4) is 0 Å². The number of carbonyl (C=O) groups excluding carboxylic acids is 1. The molecular weight excluding hydrogens is 184 g/mol. The van der Waals surface area contributed by atoms with Crippen molar-refractivity contribution in [3.63, 3.8) is 0 Å². The molecule has 78 valence electrons. The zero-order valence-corrected chi connectivity index (χ0v) is 8.12. The molecule has 0 radical (unpaired) electrons. The lowest BCUT2D eigenvalue weighted by molar-refractivity contribution is -0.121. The number of aromatic nitrogens is 2. The van der Waals surface area contributed by atoms with Crippen molar-refractivity contribution in [1.82, 2.24) is 20.8 Å². The van der Waals surface area contributed by atoms with Crippen LogP contribution in [-0.2, 0) is 11.3 Å². The quantitative estimate of drug-likeness (QED) is 0.613. The molecule has 1 heterocycles. The summed E-state index contributed by atoms with van der Waals surface area (Å²) < 4.78 is 4.52. The predicted octanol–water partition coefficient (Wildman–Crippen LogP) is -0.315. The Kier molecular flexibility index (Phi) is 4.63. The summed E-state index contributed by atoms with van der Waals surface area (Å²) in [5.41, 5.74) is 0. The van der Waals surface area contributed by atoms with Crippen molar-refractivity contribution >= 4 is 5.91 Å². The molecule has 0 atom stereocenters. The van der Waals surface area contributed by atoms with Crippen LogP contribution in [-0.4, -0.2) is 29.6 Å². The molecule has 1 aromatic heterocycles. The average Bonchev–Trinajstić information content (AvgIpc) is 2.68. The first-order valence-corrected chi connectivity index (χ1v) is 4.49. The van der Waals surface area contributed by atoms with Gasteiger partial charge in [-0.15, -0.1) is 0 Å². The van der Waals surface area contributed by atoms with E-state index < -0.39 is 0 Å². The maximum absolute atomic E-state index is 11.2.